The summed E-state index contributed by atoms with van der Waals surface area (Å²) in [5.41, 5.74) is 0.948. The monoisotopic (exact) mass is 168 g/mol. The molecule has 0 aromatic heterocycles. The number of rotatable bonds is 5. The van der Waals surface area contributed by atoms with Crippen LogP contribution in [0.1, 0.15) is 40.5 Å². The van der Waals surface area contributed by atoms with Crippen molar-refractivity contribution in [1.29, 1.82) is 0 Å². The Balaban J connectivity index is 4.34. The van der Waals surface area contributed by atoms with Gasteiger partial charge >= 0.3 is 0 Å². The average molecular weight is 168 g/mol. The molecule has 0 rings (SSSR count). The van der Waals surface area contributed by atoms with Gasteiger partial charge < -0.3 is 0 Å². The predicted molar refractivity (Wildman–Crippen MR) is 53.1 cm³/mol. The lowest BCUT2D eigenvalue weighted by atomic mass is 9.95. The zero-order valence-electron chi connectivity index (χ0n) is 8.63. The molecule has 1 nitrogen and oxygen atoms in total. The maximum absolute atomic E-state index is 10.6. The molecule has 0 amide bonds. The molecule has 0 aromatic carbocycles. The Kier molecular flexibility index (Phi) is 5.69. The molecule has 0 saturated heterocycles. The summed E-state index contributed by atoms with van der Waals surface area (Å²) in [6.07, 6.45) is 5.36. The third-order valence-electron chi connectivity index (χ3n) is 2.28. The zero-order chi connectivity index (χ0) is 9.56. The molecule has 0 heterocycles. The van der Waals surface area contributed by atoms with Crippen molar-refractivity contribution >= 4 is 6.29 Å². The molecule has 0 aromatic rings. The summed E-state index contributed by atoms with van der Waals surface area (Å²) >= 11 is 0. The van der Waals surface area contributed by atoms with E-state index in [0.29, 0.717) is 11.8 Å². The summed E-state index contributed by atoms with van der Waals surface area (Å²) in [7, 11) is 0. The minimum Gasteiger partial charge on any atom is -0.298 e. The molecule has 0 bridgehead atoms. The Hall–Kier alpha value is -0.590. The first-order chi connectivity index (χ1) is 5.65. The number of allylic oxidation sites excluding steroid dienone is 2. The zero-order valence-corrected chi connectivity index (χ0v) is 8.63. The Morgan fingerprint density at radius 3 is 2.00 bits per heavy atom. The first-order valence-corrected chi connectivity index (χ1v) is 4.82. The Labute approximate surface area is 75.9 Å². The lowest BCUT2D eigenvalue weighted by Gasteiger charge is -2.10. The van der Waals surface area contributed by atoms with Gasteiger partial charge in [0.15, 0.2) is 0 Å². The van der Waals surface area contributed by atoms with E-state index in [4.69, 9.17) is 0 Å². The van der Waals surface area contributed by atoms with Crippen LogP contribution in [0, 0.1) is 11.8 Å². The third-order valence-corrected chi connectivity index (χ3v) is 2.28. The normalized spacial score (nSPS) is 12.7. The van der Waals surface area contributed by atoms with E-state index < -0.39 is 0 Å². The highest BCUT2D eigenvalue weighted by atomic mass is 16.1. The quantitative estimate of drug-likeness (QED) is 0.455. The molecule has 0 N–H and O–H groups in total. The Morgan fingerprint density at radius 1 is 1.25 bits per heavy atom. The van der Waals surface area contributed by atoms with E-state index in [9.17, 15) is 4.79 Å². The van der Waals surface area contributed by atoms with Crippen LogP contribution in [0.15, 0.2) is 11.6 Å². The van der Waals surface area contributed by atoms with Crippen molar-refractivity contribution in [3.8, 4) is 0 Å². The van der Waals surface area contributed by atoms with Crippen molar-refractivity contribution in [2.24, 2.45) is 11.8 Å². The van der Waals surface area contributed by atoms with Crippen LogP contribution in [0.25, 0.3) is 0 Å². The summed E-state index contributed by atoms with van der Waals surface area (Å²) in [4.78, 5) is 10.6. The molecule has 1 heteroatoms. The van der Waals surface area contributed by atoms with Gasteiger partial charge in [0.05, 0.1) is 0 Å². The fourth-order valence-electron chi connectivity index (χ4n) is 1.16. The van der Waals surface area contributed by atoms with Gasteiger partial charge in [-0.05, 0) is 30.3 Å². The summed E-state index contributed by atoms with van der Waals surface area (Å²) in [5, 5.41) is 0. The van der Waals surface area contributed by atoms with Crippen LogP contribution in [-0.4, -0.2) is 6.29 Å². The van der Waals surface area contributed by atoms with E-state index in [1.54, 1.807) is 0 Å². The maximum Gasteiger partial charge on any atom is 0.145 e. The van der Waals surface area contributed by atoms with E-state index in [1.165, 1.54) is 0 Å². The minimum atomic E-state index is 0.364. The summed E-state index contributed by atoms with van der Waals surface area (Å²) < 4.78 is 0. The van der Waals surface area contributed by atoms with Crippen LogP contribution in [0.5, 0.6) is 0 Å². The standard InChI is InChI=1S/C11H20O/c1-5-10(6-2)7-11(8-12)9(3)4/h7-10H,5-6H2,1-4H3. The number of hydrogen-bond donors (Lipinski definition) is 0. The Morgan fingerprint density at radius 2 is 1.75 bits per heavy atom. The lowest BCUT2D eigenvalue weighted by molar-refractivity contribution is -0.105. The molecule has 12 heavy (non-hydrogen) atoms. The van der Waals surface area contributed by atoms with Gasteiger partial charge in [0.2, 0.25) is 0 Å². The maximum atomic E-state index is 10.6. The SMILES string of the molecule is CCC(C=C(C=O)C(C)C)CC. The largest absolute Gasteiger partial charge is 0.298 e. The van der Waals surface area contributed by atoms with Gasteiger partial charge in [-0.15, -0.1) is 0 Å². The molecule has 0 unspecified atom stereocenters. The molecule has 70 valence electrons. The first-order valence-electron chi connectivity index (χ1n) is 4.82. The van der Waals surface area contributed by atoms with Crippen LogP contribution in [0.2, 0.25) is 0 Å². The number of carbonyl (C=O) groups excluding carboxylic acids is 1. The molecule has 0 aliphatic heterocycles. The fraction of sp³-hybridized carbons (Fsp3) is 0.727. The van der Waals surface area contributed by atoms with Crippen molar-refractivity contribution in [1.82, 2.24) is 0 Å². The van der Waals surface area contributed by atoms with E-state index in [2.05, 4.69) is 33.8 Å². The van der Waals surface area contributed by atoms with Crippen molar-refractivity contribution in [3.63, 3.8) is 0 Å². The van der Waals surface area contributed by atoms with E-state index in [-0.39, 0.29) is 0 Å². The van der Waals surface area contributed by atoms with E-state index in [1.807, 2.05) is 0 Å². The molecular formula is C11H20O. The van der Waals surface area contributed by atoms with E-state index in [0.717, 1.165) is 24.7 Å². The summed E-state index contributed by atoms with van der Waals surface area (Å²) in [5.74, 6) is 0.940. The fourth-order valence-corrected chi connectivity index (χ4v) is 1.16. The van der Waals surface area contributed by atoms with Crippen molar-refractivity contribution < 1.29 is 4.79 Å². The van der Waals surface area contributed by atoms with Crippen molar-refractivity contribution in [2.45, 2.75) is 40.5 Å². The van der Waals surface area contributed by atoms with Crippen molar-refractivity contribution in [3.05, 3.63) is 11.6 Å². The third kappa shape index (κ3) is 3.70. The van der Waals surface area contributed by atoms with E-state index >= 15 is 0 Å². The smallest absolute Gasteiger partial charge is 0.145 e. The minimum absolute atomic E-state index is 0.364. The van der Waals surface area contributed by atoms with Crippen LogP contribution < -0.4 is 0 Å². The second-order valence-corrected chi connectivity index (χ2v) is 3.52. The Bertz CT molecular complexity index is 152. The molecular weight excluding hydrogens is 148 g/mol. The van der Waals surface area contributed by atoms with Gasteiger partial charge in [0.1, 0.15) is 6.29 Å². The predicted octanol–water partition coefficient (Wildman–Crippen LogP) is 3.20. The van der Waals surface area contributed by atoms with Gasteiger partial charge in [0.25, 0.3) is 0 Å². The lowest BCUT2D eigenvalue weighted by Crippen LogP contribution is -2.00. The number of hydrogen-bond acceptors (Lipinski definition) is 1. The molecule has 0 spiro atoms. The molecule has 0 aliphatic carbocycles. The van der Waals surface area contributed by atoms with Gasteiger partial charge in [-0.3, -0.25) is 4.79 Å². The topological polar surface area (TPSA) is 17.1 Å². The highest BCUT2D eigenvalue weighted by Crippen LogP contribution is 2.15. The average Bonchev–Trinajstić information content (AvgIpc) is 2.06. The van der Waals surface area contributed by atoms with Gasteiger partial charge in [-0.25, -0.2) is 0 Å². The molecule has 0 fully saturated rings. The number of carbonyl (C=O) groups is 1. The first kappa shape index (κ1) is 11.4. The molecule has 0 saturated carbocycles. The van der Waals surface area contributed by atoms with Crippen LogP contribution in [-0.2, 0) is 4.79 Å². The van der Waals surface area contributed by atoms with Crippen molar-refractivity contribution in [2.75, 3.05) is 0 Å². The molecule has 0 atom stereocenters. The highest BCUT2D eigenvalue weighted by molar-refractivity contribution is 5.73. The van der Waals surface area contributed by atoms with Crippen LogP contribution in [0.4, 0.5) is 0 Å². The highest BCUT2D eigenvalue weighted by Gasteiger charge is 2.05. The number of aldehydes is 1. The molecule has 0 aliphatic rings. The second-order valence-electron chi connectivity index (χ2n) is 3.52. The molecule has 0 radical (unpaired) electrons. The van der Waals surface area contributed by atoms with Crippen LogP contribution >= 0.6 is 0 Å². The second kappa shape index (κ2) is 5.99. The van der Waals surface area contributed by atoms with Gasteiger partial charge in [-0.1, -0.05) is 33.8 Å². The van der Waals surface area contributed by atoms with Crippen LogP contribution in [0.3, 0.4) is 0 Å². The summed E-state index contributed by atoms with van der Waals surface area (Å²) in [6.45, 7) is 8.44. The summed E-state index contributed by atoms with van der Waals surface area (Å²) in [6, 6.07) is 0. The van der Waals surface area contributed by atoms with Gasteiger partial charge in [0, 0.05) is 0 Å². The van der Waals surface area contributed by atoms with Gasteiger partial charge in [-0.2, -0.15) is 0 Å².